The molecule has 0 N–H and O–H groups in total. The fourth-order valence-electron chi connectivity index (χ4n) is 7.42. The molecule has 2 aliphatic rings. The fraction of sp³-hybridized carbons (Fsp3) is 0.480. The Bertz CT molecular complexity index is 1490. The molecule has 2 aliphatic heterocycles. The van der Waals surface area contributed by atoms with Gasteiger partial charge in [-0.05, 0) is 65.8 Å². The minimum Gasteiger partial charge on any atom is -0.377 e. The van der Waals surface area contributed by atoms with Gasteiger partial charge >= 0.3 is 0 Å². The van der Waals surface area contributed by atoms with Gasteiger partial charge < -0.3 is 28.4 Å². The highest BCUT2D eigenvalue weighted by atomic mass is 16.5. The Balaban J connectivity index is 0.000000248. The molecule has 3 atom stereocenters. The first-order chi connectivity index (χ1) is 27.7. The van der Waals surface area contributed by atoms with Crippen molar-refractivity contribution in [2.75, 3.05) is 39.6 Å². The van der Waals surface area contributed by atoms with Gasteiger partial charge in [0.25, 0.3) is 0 Å². The van der Waals surface area contributed by atoms with Gasteiger partial charge in [-0.2, -0.15) is 0 Å². The topological polar surface area (TPSA) is 55.4 Å². The lowest BCUT2D eigenvalue weighted by Gasteiger charge is -2.34. The second kappa shape index (κ2) is 26.3. The van der Waals surface area contributed by atoms with Crippen LogP contribution in [0.15, 0.2) is 133 Å². The quantitative estimate of drug-likeness (QED) is 0.0743. The summed E-state index contributed by atoms with van der Waals surface area (Å²) < 4.78 is 36.6. The van der Waals surface area contributed by atoms with E-state index in [9.17, 15) is 0 Å². The molecule has 0 radical (unpaired) electrons. The molecule has 0 aromatic heterocycles. The standard InChI is InChI=1S/C25H34O3.C25H32O3.H2/c2*1-2-9-21-14-15-25(28-18-21)24(19-26-16-22-10-5-3-6-11-22)20-27-17-23-12-7-4-8-13-23;/h3-8,10-13,21,24-25H,2,9,14-20H2,1H3;3-8,10-14,24-25H,2,9,15-20H2,1H3;1H. The highest BCUT2D eigenvalue weighted by molar-refractivity contribution is 5.16. The summed E-state index contributed by atoms with van der Waals surface area (Å²) in [7, 11) is 0. The molecule has 1 saturated heterocycles. The molecule has 56 heavy (non-hydrogen) atoms. The molecule has 0 spiro atoms. The molecule has 0 aliphatic carbocycles. The largest absolute Gasteiger partial charge is 0.377 e. The van der Waals surface area contributed by atoms with Gasteiger partial charge in [0, 0.05) is 19.9 Å². The number of ether oxygens (including phenoxy) is 6. The van der Waals surface area contributed by atoms with Crippen LogP contribution in [0.4, 0.5) is 0 Å². The molecular formula is C50H68O6. The van der Waals surface area contributed by atoms with Crippen LogP contribution in [0.5, 0.6) is 0 Å². The monoisotopic (exact) mass is 765 g/mol. The van der Waals surface area contributed by atoms with E-state index < -0.39 is 0 Å². The van der Waals surface area contributed by atoms with Crippen LogP contribution >= 0.6 is 0 Å². The number of hydrogen-bond donors (Lipinski definition) is 0. The SMILES string of the molecule is CCCC1=CCC(C(COCc2ccccc2)COCc2ccccc2)OC1.CCCC1CCC(C(COCc2ccccc2)COCc2ccccc2)OC1.[HH]. The van der Waals surface area contributed by atoms with E-state index in [4.69, 9.17) is 28.4 Å². The summed E-state index contributed by atoms with van der Waals surface area (Å²) in [6, 6.07) is 41.3. The van der Waals surface area contributed by atoms with E-state index in [1.165, 1.54) is 53.5 Å². The molecule has 4 aromatic carbocycles. The average molecular weight is 765 g/mol. The molecule has 6 heteroatoms. The smallest absolute Gasteiger partial charge is 0.0717 e. The molecule has 6 nitrogen and oxygen atoms in total. The van der Waals surface area contributed by atoms with Crippen LogP contribution < -0.4 is 0 Å². The summed E-state index contributed by atoms with van der Waals surface area (Å²) in [4.78, 5) is 0. The zero-order valence-electron chi connectivity index (χ0n) is 34.0. The van der Waals surface area contributed by atoms with Crippen molar-refractivity contribution in [2.45, 2.75) is 97.4 Å². The van der Waals surface area contributed by atoms with Crippen LogP contribution in [0, 0.1) is 17.8 Å². The fourth-order valence-corrected chi connectivity index (χ4v) is 7.42. The summed E-state index contributed by atoms with van der Waals surface area (Å²) in [6.07, 6.45) is 10.9. The molecular weight excluding hydrogens is 697 g/mol. The molecule has 304 valence electrons. The molecule has 0 saturated carbocycles. The lowest BCUT2D eigenvalue weighted by Crippen LogP contribution is -2.36. The van der Waals surface area contributed by atoms with Gasteiger partial charge in [-0.15, -0.1) is 0 Å². The lowest BCUT2D eigenvalue weighted by molar-refractivity contribution is -0.0930. The van der Waals surface area contributed by atoms with Crippen LogP contribution in [-0.2, 0) is 54.8 Å². The van der Waals surface area contributed by atoms with Crippen LogP contribution in [-0.4, -0.2) is 51.8 Å². The van der Waals surface area contributed by atoms with Crippen molar-refractivity contribution < 1.29 is 29.8 Å². The van der Waals surface area contributed by atoms with Gasteiger partial charge in [0.1, 0.15) is 0 Å². The maximum Gasteiger partial charge on any atom is 0.0717 e. The molecule has 2 heterocycles. The van der Waals surface area contributed by atoms with Crippen molar-refractivity contribution in [2.24, 2.45) is 17.8 Å². The van der Waals surface area contributed by atoms with Crippen molar-refractivity contribution >= 4 is 0 Å². The maximum absolute atomic E-state index is 6.25. The Hall–Kier alpha value is -3.62. The van der Waals surface area contributed by atoms with Gasteiger partial charge in [0.15, 0.2) is 0 Å². The Kier molecular flexibility index (Phi) is 20.5. The Morgan fingerprint density at radius 2 is 0.964 bits per heavy atom. The van der Waals surface area contributed by atoms with Crippen molar-refractivity contribution in [1.29, 1.82) is 0 Å². The van der Waals surface area contributed by atoms with E-state index in [1.807, 2.05) is 48.5 Å². The number of benzene rings is 4. The molecule has 3 unspecified atom stereocenters. The Labute approximate surface area is 339 Å². The van der Waals surface area contributed by atoms with E-state index in [2.05, 4.69) is 92.7 Å². The normalized spacial score (nSPS) is 18.4. The second-order valence-corrected chi connectivity index (χ2v) is 15.3. The first-order valence-electron chi connectivity index (χ1n) is 21.1. The van der Waals surface area contributed by atoms with Gasteiger partial charge in [-0.25, -0.2) is 0 Å². The number of hydrogen-bond acceptors (Lipinski definition) is 6. The molecule has 4 aromatic rings. The second-order valence-electron chi connectivity index (χ2n) is 15.3. The van der Waals surface area contributed by atoms with Gasteiger partial charge in [-0.3, -0.25) is 0 Å². The van der Waals surface area contributed by atoms with Crippen LogP contribution in [0.25, 0.3) is 0 Å². The van der Waals surface area contributed by atoms with E-state index in [0.29, 0.717) is 52.9 Å². The first kappa shape index (κ1) is 43.5. The first-order valence-corrected chi connectivity index (χ1v) is 21.1. The van der Waals surface area contributed by atoms with E-state index >= 15 is 0 Å². The third-order valence-corrected chi connectivity index (χ3v) is 10.6. The van der Waals surface area contributed by atoms with E-state index in [1.54, 1.807) is 0 Å². The van der Waals surface area contributed by atoms with Crippen LogP contribution in [0.1, 0.15) is 82.5 Å². The molecule has 1 fully saturated rings. The Morgan fingerprint density at radius 1 is 0.536 bits per heavy atom. The van der Waals surface area contributed by atoms with Crippen molar-refractivity contribution in [1.82, 2.24) is 0 Å². The zero-order valence-corrected chi connectivity index (χ0v) is 34.0. The summed E-state index contributed by atoms with van der Waals surface area (Å²) in [5.74, 6) is 1.22. The average Bonchev–Trinajstić information content (AvgIpc) is 3.25. The third kappa shape index (κ3) is 16.5. The number of rotatable bonds is 22. The summed E-state index contributed by atoms with van der Waals surface area (Å²) >= 11 is 0. The summed E-state index contributed by atoms with van der Waals surface area (Å²) in [5, 5.41) is 0. The predicted octanol–water partition coefficient (Wildman–Crippen LogP) is 11.4. The maximum atomic E-state index is 6.25. The molecule has 6 rings (SSSR count). The van der Waals surface area contributed by atoms with E-state index in [0.717, 1.165) is 38.4 Å². The van der Waals surface area contributed by atoms with Crippen LogP contribution in [0.3, 0.4) is 0 Å². The summed E-state index contributed by atoms with van der Waals surface area (Å²) in [5.41, 5.74) is 6.23. The minimum atomic E-state index is 0. The van der Waals surface area contributed by atoms with E-state index in [-0.39, 0.29) is 25.5 Å². The van der Waals surface area contributed by atoms with Crippen molar-refractivity contribution in [3.63, 3.8) is 0 Å². The highest BCUT2D eigenvalue weighted by Gasteiger charge is 2.29. The third-order valence-electron chi connectivity index (χ3n) is 10.6. The van der Waals surface area contributed by atoms with Gasteiger partial charge in [-0.1, -0.05) is 154 Å². The van der Waals surface area contributed by atoms with Crippen molar-refractivity contribution in [3.8, 4) is 0 Å². The zero-order chi connectivity index (χ0) is 38.9. The predicted molar refractivity (Wildman–Crippen MR) is 228 cm³/mol. The lowest BCUT2D eigenvalue weighted by atomic mass is 9.89. The molecule has 0 bridgehead atoms. The summed E-state index contributed by atoms with van der Waals surface area (Å²) in [6.45, 7) is 11.3. The van der Waals surface area contributed by atoms with Crippen LogP contribution in [0.2, 0.25) is 0 Å². The highest BCUT2D eigenvalue weighted by Crippen LogP contribution is 2.28. The Morgan fingerprint density at radius 3 is 1.30 bits per heavy atom. The van der Waals surface area contributed by atoms with Gasteiger partial charge in [0.05, 0.1) is 71.7 Å². The molecule has 0 amide bonds. The minimum absolute atomic E-state index is 0. The van der Waals surface area contributed by atoms with Gasteiger partial charge in [0.2, 0.25) is 0 Å². The van der Waals surface area contributed by atoms with Crippen molar-refractivity contribution in [3.05, 3.63) is 155 Å².